The van der Waals surface area contributed by atoms with Gasteiger partial charge in [0, 0.05) is 31.7 Å². The van der Waals surface area contributed by atoms with Crippen LogP contribution < -0.4 is 9.47 Å². The maximum Gasteiger partial charge on any atom is 0.308 e. The van der Waals surface area contributed by atoms with E-state index in [2.05, 4.69) is 0 Å². The molecule has 1 aromatic rings. The second-order valence-corrected chi connectivity index (χ2v) is 7.10. The molecular formula is C19H22N2O6. The highest BCUT2D eigenvalue weighted by Crippen LogP contribution is 2.33. The first-order chi connectivity index (χ1) is 13.1. The van der Waals surface area contributed by atoms with Crippen molar-refractivity contribution in [3.8, 4) is 11.5 Å². The number of rotatable bonds is 3. The number of piperidine rings is 1. The molecule has 2 saturated heterocycles. The molecule has 0 unspecified atom stereocenters. The van der Waals surface area contributed by atoms with Crippen molar-refractivity contribution in [3.05, 3.63) is 23.8 Å². The molecule has 1 aromatic carbocycles. The fourth-order valence-corrected chi connectivity index (χ4v) is 3.77. The Hall–Kier alpha value is -2.77. The first-order valence-electron chi connectivity index (χ1n) is 9.12. The number of carbonyl (C=O) groups excluding carboxylic acids is 3. The van der Waals surface area contributed by atoms with Crippen LogP contribution in [0.4, 0.5) is 0 Å². The third-order valence-electron chi connectivity index (χ3n) is 5.48. The molecule has 0 spiro atoms. The number of esters is 1. The molecule has 3 heterocycles. The van der Waals surface area contributed by atoms with Gasteiger partial charge in [-0.2, -0.15) is 0 Å². The topological polar surface area (TPSA) is 85.4 Å². The van der Waals surface area contributed by atoms with Crippen molar-refractivity contribution in [2.75, 3.05) is 40.1 Å². The van der Waals surface area contributed by atoms with Gasteiger partial charge in [0.2, 0.25) is 12.7 Å². The minimum absolute atomic E-state index is 0.0630. The summed E-state index contributed by atoms with van der Waals surface area (Å²) in [6.45, 7) is 2.13. The highest BCUT2D eigenvalue weighted by Gasteiger charge is 2.39. The maximum atomic E-state index is 12.6. The van der Waals surface area contributed by atoms with Gasteiger partial charge in [-0.1, -0.05) is 0 Å². The average molecular weight is 374 g/mol. The Morgan fingerprint density at radius 3 is 2.41 bits per heavy atom. The molecule has 0 bridgehead atoms. The lowest BCUT2D eigenvalue weighted by molar-refractivity contribution is -0.150. The van der Waals surface area contributed by atoms with Crippen LogP contribution in [-0.2, 0) is 14.3 Å². The van der Waals surface area contributed by atoms with E-state index < -0.39 is 0 Å². The van der Waals surface area contributed by atoms with Crippen LogP contribution in [0.25, 0.3) is 0 Å². The van der Waals surface area contributed by atoms with Gasteiger partial charge in [0.05, 0.1) is 18.9 Å². The first-order valence-corrected chi connectivity index (χ1v) is 9.12. The summed E-state index contributed by atoms with van der Waals surface area (Å²) >= 11 is 0. The number of hydrogen-bond acceptors (Lipinski definition) is 6. The number of hydrogen-bond donors (Lipinski definition) is 0. The summed E-state index contributed by atoms with van der Waals surface area (Å²) < 4.78 is 15.3. The predicted molar refractivity (Wildman–Crippen MR) is 93.3 cm³/mol. The molecular weight excluding hydrogens is 352 g/mol. The summed E-state index contributed by atoms with van der Waals surface area (Å²) in [7, 11) is 1.39. The molecule has 0 atom stereocenters. The van der Waals surface area contributed by atoms with E-state index in [1.54, 1.807) is 28.0 Å². The third-order valence-corrected chi connectivity index (χ3v) is 5.48. The van der Waals surface area contributed by atoms with E-state index >= 15 is 0 Å². The number of amides is 2. The van der Waals surface area contributed by atoms with Crippen molar-refractivity contribution < 1.29 is 28.6 Å². The van der Waals surface area contributed by atoms with E-state index in [4.69, 9.17) is 14.2 Å². The molecule has 0 radical (unpaired) electrons. The Morgan fingerprint density at radius 1 is 1.00 bits per heavy atom. The predicted octanol–water partition coefficient (Wildman–Crippen LogP) is 0.899. The Labute approximate surface area is 157 Å². The van der Waals surface area contributed by atoms with Crippen molar-refractivity contribution >= 4 is 17.8 Å². The van der Waals surface area contributed by atoms with Crippen molar-refractivity contribution in [2.24, 2.45) is 11.8 Å². The number of likely N-dealkylation sites (tertiary alicyclic amines) is 2. The van der Waals surface area contributed by atoms with Gasteiger partial charge in [0.25, 0.3) is 5.91 Å². The Balaban J connectivity index is 1.28. The second kappa shape index (κ2) is 7.09. The maximum absolute atomic E-state index is 12.6. The third kappa shape index (κ3) is 3.31. The largest absolute Gasteiger partial charge is 0.469 e. The summed E-state index contributed by atoms with van der Waals surface area (Å²) in [6, 6.07) is 5.11. The summed E-state index contributed by atoms with van der Waals surface area (Å²) in [4.78, 5) is 40.2. The Kier molecular flexibility index (Phi) is 4.63. The van der Waals surface area contributed by atoms with Gasteiger partial charge >= 0.3 is 5.97 Å². The molecule has 2 amide bonds. The highest BCUT2D eigenvalue weighted by atomic mass is 16.7. The van der Waals surface area contributed by atoms with E-state index in [9.17, 15) is 14.4 Å². The second-order valence-electron chi connectivity index (χ2n) is 7.10. The van der Waals surface area contributed by atoms with Crippen LogP contribution in [0.5, 0.6) is 11.5 Å². The standard InChI is InChI=1S/C19H22N2O6/c1-25-19(24)12-4-6-20(7-5-12)18(23)14-9-21(10-14)17(22)13-2-3-15-16(8-13)27-11-26-15/h2-3,8,12,14H,4-7,9-11H2,1H3. The smallest absolute Gasteiger partial charge is 0.308 e. The van der Waals surface area contributed by atoms with E-state index in [0.29, 0.717) is 56.1 Å². The average Bonchev–Trinajstić information content (AvgIpc) is 3.13. The Bertz CT molecular complexity index is 765. The van der Waals surface area contributed by atoms with Gasteiger partial charge in [-0.15, -0.1) is 0 Å². The van der Waals surface area contributed by atoms with E-state index in [0.717, 1.165) is 0 Å². The number of nitrogens with zero attached hydrogens (tertiary/aromatic N) is 2. The lowest BCUT2D eigenvalue weighted by Gasteiger charge is -2.42. The van der Waals surface area contributed by atoms with Gasteiger partial charge in [-0.05, 0) is 31.0 Å². The molecule has 3 aliphatic heterocycles. The fraction of sp³-hybridized carbons (Fsp3) is 0.526. The normalized spacial score (nSPS) is 19.6. The summed E-state index contributed by atoms with van der Waals surface area (Å²) in [5.41, 5.74) is 0.532. The molecule has 4 rings (SSSR count). The quantitative estimate of drug-likeness (QED) is 0.731. The van der Waals surface area contributed by atoms with E-state index in [-0.39, 0.29) is 36.4 Å². The van der Waals surface area contributed by atoms with Crippen molar-refractivity contribution in [1.29, 1.82) is 0 Å². The summed E-state index contributed by atoms with van der Waals surface area (Å²) in [5, 5.41) is 0. The van der Waals surface area contributed by atoms with Crippen molar-refractivity contribution in [2.45, 2.75) is 12.8 Å². The van der Waals surface area contributed by atoms with Crippen LogP contribution in [0, 0.1) is 11.8 Å². The zero-order valence-corrected chi connectivity index (χ0v) is 15.2. The molecule has 0 aromatic heterocycles. The minimum Gasteiger partial charge on any atom is -0.469 e. The van der Waals surface area contributed by atoms with Crippen molar-refractivity contribution in [1.82, 2.24) is 9.80 Å². The van der Waals surface area contributed by atoms with Crippen LogP contribution in [-0.4, -0.2) is 67.7 Å². The van der Waals surface area contributed by atoms with Gasteiger partial charge < -0.3 is 24.0 Å². The van der Waals surface area contributed by atoms with Crippen LogP contribution in [0.2, 0.25) is 0 Å². The summed E-state index contributed by atoms with van der Waals surface area (Å²) in [5.74, 6) is 0.671. The fourth-order valence-electron chi connectivity index (χ4n) is 3.77. The number of ether oxygens (including phenoxy) is 3. The highest BCUT2D eigenvalue weighted by molar-refractivity contribution is 5.96. The molecule has 0 aliphatic carbocycles. The van der Waals surface area contributed by atoms with Crippen molar-refractivity contribution in [3.63, 3.8) is 0 Å². The summed E-state index contributed by atoms with van der Waals surface area (Å²) in [6.07, 6.45) is 1.26. The van der Waals surface area contributed by atoms with E-state index in [1.807, 2.05) is 0 Å². The lowest BCUT2D eigenvalue weighted by Crippen LogP contribution is -2.57. The molecule has 3 aliphatic rings. The minimum atomic E-state index is -0.203. The number of fused-ring (bicyclic) bond motifs is 1. The SMILES string of the molecule is COC(=O)C1CCN(C(=O)C2CN(C(=O)c3ccc4c(c3)OCO4)C2)CC1. The van der Waals surface area contributed by atoms with Crippen LogP contribution >= 0.6 is 0 Å². The monoisotopic (exact) mass is 374 g/mol. The van der Waals surface area contributed by atoms with Crippen LogP contribution in [0.15, 0.2) is 18.2 Å². The molecule has 144 valence electrons. The van der Waals surface area contributed by atoms with Crippen LogP contribution in [0.3, 0.4) is 0 Å². The molecule has 27 heavy (non-hydrogen) atoms. The van der Waals surface area contributed by atoms with Gasteiger partial charge in [-0.3, -0.25) is 14.4 Å². The first kappa shape index (κ1) is 17.6. The zero-order valence-electron chi connectivity index (χ0n) is 15.2. The van der Waals surface area contributed by atoms with Gasteiger partial charge in [-0.25, -0.2) is 0 Å². The van der Waals surface area contributed by atoms with Crippen LogP contribution in [0.1, 0.15) is 23.2 Å². The molecule has 0 saturated carbocycles. The lowest BCUT2D eigenvalue weighted by atomic mass is 9.93. The molecule has 2 fully saturated rings. The van der Waals surface area contributed by atoms with Gasteiger partial charge in [0.1, 0.15) is 0 Å². The zero-order chi connectivity index (χ0) is 19.0. The number of carbonyl (C=O) groups is 3. The van der Waals surface area contributed by atoms with Gasteiger partial charge in [0.15, 0.2) is 11.5 Å². The molecule has 8 heteroatoms. The number of methoxy groups -OCH3 is 1. The molecule has 0 N–H and O–H groups in total. The molecule has 8 nitrogen and oxygen atoms in total. The number of benzene rings is 1. The van der Waals surface area contributed by atoms with E-state index in [1.165, 1.54) is 7.11 Å². The Morgan fingerprint density at radius 2 is 1.70 bits per heavy atom.